The highest BCUT2D eigenvalue weighted by atomic mass is 32.2. The van der Waals surface area contributed by atoms with E-state index in [1.165, 1.54) is 16.7 Å². The first kappa shape index (κ1) is 30.6. The third-order valence-electron chi connectivity index (χ3n) is 5.86. The van der Waals surface area contributed by atoms with E-state index in [0.717, 1.165) is 56.9 Å². The Morgan fingerprint density at radius 1 is 1.05 bits per heavy atom. The van der Waals surface area contributed by atoms with Crippen molar-refractivity contribution < 1.29 is 29.0 Å². The van der Waals surface area contributed by atoms with Gasteiger partial charge in [-0.25, -0.2) is 0 Å². The molecule has 2 rings (SSSR count). The fourth-order valence-electron chi connectivity index (χ4n) is 3.88. The van der Waals surface area contributed by atoms with E-state index in [9.17, 15) is 14.4 Å². The number of ether oxygens (including phenoxy) is 2. The SMILES string of the molecule is CCOc1ccc(C=C2SC(=S)N(CCC(=O)NCCCCCCCCCCC(=O)O)C2=O)cc1OC. The molecule has 2 N–H and O–H groups in total. The van der Waals surface area contributed by atoms with Gasteiger partial charge in [0.25, 0.3) is 5.91 Å². The molecule has 1 aromatic carbocycles. The Bertz CT molecular complexity index is 966. The summed E-state index contributed by atoms with van der Waals surface area (Å²) in [5.41, 5.74) is 0.803. The van der Waals surface area contributed by atoms with Gasteiger partial charge in [0.2, 0.25) is 5.91 Å². The molecule has 0 saturated carbocycles. The Morgan fingerprint density at radius 3 is 2.38 bits per heavy atom. The van der Waals surface area contributed by atoms with Crippen molar-refractivity contribution in [3.63, 3.8) is 0 Å². The molecular formula is C27H38N2O6S2. The summed E-state index contributed by atoms with van der Waals surface area (Å²) in [6, 6.07) is 5.48. The number of methoxy groups -OCH3 is 1. The number of rotatable bonds is 18. The zero-order valence-electron chi connectivity index (χ0n) is 21.8. The number of unbranched alkanes of at least 4 members (excludes halogenated alkanes) is 7. The van der Waals surface area contributed by atoms with Crippen LogP contribution >= 0.6 is 24.0 Å². The van der Waals surface area contributed by atoms with E-state index >= 15 is 0 Å². The molecule has 1 saturated heterocycles. The maximum absolute atomic E-state index is 12.9. The summed E-state index contributed by atoms with van der Waals surface area (Å²) in [5.74, 6) is 0.228. The van der Waals surface area contributed by atoms with E-state index in [0.29, 0.717) is 33.9 Å². The van der Waals surface area contributed by atoms with Crippen LogP contribution in [0.4, 0.5) is 0 Å². The molecule has 0 aliphatic carbocycles. The van der Waals surface area contributed by atoms with Crippen molar-refractivity contribution in [2.24, 2.45) is 0 Å². The molecule has 37 heavy (non-hydrogen) atoms. The van der Waals surface area contributed by atoms with Gasteiger partial charge in [0.1, 0.15) is 4.32 Å². The predicted molar refractivity (Wildman–Crippen MR) is 151 cm³/mol. The van der Waals surface area contributed by atoms with E-state index in [2.05, 4.69) is 5.32 Å². The van der Waals surface area contributed by atoms with Gasteiger partial charge in [0.15, 0.2) is 11.5 Å². The largest absolute Gasteiger partial charge is 0.493 e. The topological polar surface area (TPSA) is 105 Å². The van der Waals surface area contributed by atoms with Gasteiger partial charge >= 0.3 is 5.97 Å². The van der Waals surface area contributed by atoms with Crippen molar-refractivity contribution in [1.82, 2.24) is 10.2 Å². The van der Waals surface area contributed by atoms with Crippen molar-refractivity contribution >= 4 is 52.2 Å². The quantitative estimate of drug-likeness (QED) is 0.142. The molecule has 0 bridgehead atoms. The van der Waals surface area contributed by atoms with Crippen molar-refractivity contribution in [1.29, 1.82) is 0 Å². The number of nitrogens with one attached hydrogen (secondary N) is 1. The highest BCUT2D eigenvalue weighted by Gasteiger charge is 2.32. The smallest absolute Gasteiger partial charge is 0.303 e. The number of nitrogens with zero attached hydrogens (tertiary/aromatic N) is 1. The van der Waals surface area contributed by atoms with E-state index in [4.69, 9.17) is 26.8 Å². The standard InChI is InChI=1S/C27H38N2O6S2/c1-3-35-21-14-13-20(18-22(21)34-2)19-23-26(33)29(27(36)37-23)17-15-24(30)28-16-11-9-7-5-4-6-8-10-12-25(31)32/h13-14,18-19H,3-12,15-17H2,1-2H3,(H,28,30)(H,31,32). The number of benzene rings is 1. The second-order valence-corrected chi connectivity index (χ2v) is 10.4. The van der Waals surface area contributed by atoms with E-state index in [-0.39, 0.29) is 31.2 Å². The number of aliphatic carboxylic acids is 1. The van der Waals surface area contributed by atoms with Crippen LogP contribution in [0.5, 0.6) is 11.5 Å². The highest BCUT2D eigenvalue weighted by Crippen LogP contribution is 2.34. The van der Waals surface area contributed by atoms with E-state index in [1.54, 1.807) is 13.2 Å². The normalized spacial score (nSPS) is 14.3. The third-order valence-corrected chi connectivity index (χ3v) is 7.24. The Labute approximate surface area is 229 Å². The number of hydrogen-bond acceptors (Lipinski definition) is 7. The second kappa shape index (κ2) is 17.0. The van der Waals surface area contributed by atoms with Crippen LogP contribution in [0.1, 0.15) is 76.7 Å². The van der Waals surface area contributed by atoms with Crippen molar-refractivity contribution in [2.45, 2.75) is 71.1 Å². The molecule has 0 radical (unpaired) electrons. The molecule has 8 nitrogen and oxygen atoms in total. The first-order valence-corrected chi connectivity index (χ1v) is 14.1. The fraction of sp³-hybridized carbons (Fsp3) is 0.556. The van der Waals surface area contributed by atoms with Crippen LogP contribution in [-0.4, -0.2) is 58.9 Å². The molecule has 1 fully saturated rings. The number of carboxylic acids is 1. The summed E-state index contributed by atoms with van der Waals surface area (Å²) >= 11 is 6.61. The number of carbonyl (C=O) groups excluding carboxylic acids is 2. The van der Waals surface area contributed by atoms with Crippen molar-refractivity contribution in [3.8, 4) is 11.5 Å². The average molecular weight is 551 g/mol. The average Bonchev–Trinajstić information content (AvgIpc) is 3.13. The highest BCUT2D eigenvalue weighted by molar-refractivity contribution is 8.26. The first-order valence-electron chi connectivity index (χ1n) is 12.9. The van der Waals surface area contributed by atoms with Crippen LogP contribution in [0, 0.1) is 0 Å². The molecule has 1 heterocycles. The maximum Gasteiger partial charge on any atom is 0.303 e. The predicted octanol–water partition coefficient (Wildman–Crippen LogP) is 5.40. The summed E-state index contributed by atoms with van der Waals surface area (Å²) in [5, 5.41) is 11.5. The van der Waals surface area contributed by atoms with Crippen LogP contribution in [0.15, 0.2) is 23.1 Å². The second-order valence-electron chi connectivity index (χ2n) is 8.75. The molecule has 0 aromatic heterocycles. The molecule has 2 amide bonds. The summed E-state index contributed by atoms with van der Waals surface area (Å²) in [6.45, 7) is 3.30. The number of hydrogen-bond donors (Lipinski definition) is 2. The van der Waals surface area contributed by atoms with Gasteiger partial charge in [-0.15, -0.1) is 0 Å². The number of amides is 2. The lowest BCUT2D eigenvalue weighted by Crippen LogP contribution is -2.33. The lowest BCUT2D eigenvalue weighted by Gasteiger charge is -2.14. The van der Waals surface area contributed by atoms with Gasteiger partial charge in [-0.2, -0.15) is 0 Å². The number of thiocarbonyl (C=S) groups is 1. The molecular weight excluding hydrogens is 512 g/mol. The first-order chi connectivity index (χ1) is 17.8. The summed E-state index contributed by atoms with van der Waals surface area (Å²) < 4.78 is 11.4. The molecule has 0 unspecified atom stereocenters. The summed E-state index contributed by atoms with van der Waals surface area (Å²) in [4.78, 5) is 37.6. The van der Waals surface area contributed by atoms with Gasteiger partial charge in [-0.1, -0.05) is 68.6 Å². The van der Waals surface area contributed by atoms with Crippen LogP contribution in [-0.2, 0) is 14.4 Å². The van der Waals surface area contributed by atoms with Gasteiger partial charge in [0.05, 0.1) is 18.6 Å². The van der Waals surface area contributed by atoms with Gasteiger partial charge in [0, 0.05) is 25.9 Å². The number of carbonyl (C=O) groups is 3. The number of thioether (sulfide) groups is 1. The molecule has 0 spiro atoms. The van der Waals surface area contributed by atoms with Crippen LogP contribution in [0.3, 0.4) is 0 Å². The molecule has 1 aromatic rings. The van der Waals surface area contributed by atoms with E-state index < -0.39 is 5.97 Å². The zero-order chi connectivity index (χ0) is 27.0. The summed E-state index contributed by atoms with van der Waals surface area (Å²) in [7, 11) is 1.57. The molecule has 1 aliphatic rings. The molecule has 10 heteroatoms. The van der Waals surface area contributed by atoms with Crippen molar-refractivity contribution in [3.05, 3.63) is 28.7 Å². The molecule has 204 valence electrons. The minimum atomic E-state index is -0.723. The summed E-state index contributed by atoms with van der Waals surface area (Å²) in [6.07, 6.45) is 10.4. The minimum absolute atomic E-state index is 0.0901. The van der Waals surface area contributed by atoms with Crippen LogP contribution in [0.25, 0.3) is 6.08 Å². The molecule has 0 atom stereocenters. The monoisotopic (exact) mass is 550 g/mol. The Morgan fingerprint density at radius 2 is 1.73 bits per heavy atom. The maximum atomic E-state index is 12.9. The van der Waals surface area contributed by atoms with E-state index in [1.807, 2.05) is 25.1 Å². The fourth-order valence-corrected chi connectivity index (χ4v) is 5.19. The Kier molecular flexibility index (Phi) is 14.1. The van der Waals surface area contributed by atoms with Gasteiger partial charge < -0.3 is 19.9 Å². The minimum Gasteiger partial charge on any atom is -0.493 e. The third kappa shape index (κ3) is 11.1. The number of carboxylic acid groups (broad SMARTS) is 1. The lowest BCUT2D eigenvalue weighted by molar-refractivity contribution is -0.137. The Hall–Kier alpha value is -2.59. The van der Waals surface area contributed by atoms with Gasteiger partial charge in [-0.05, 0) is 43.5 Å². The lowest BCUT2D eigenvalue weighted by atomic mass is 10.1. The Balaban J connectivity index is 1.66. The zero-order valence-corrected chi connectivity index (χ0v) is 23.4. The van der Waals surface area contributed by atoms with Gasteiger partial charge in [-0.3, -0.25) is 19.3 Å². The van der Waals surface area contributed by atoms with Crippen LogP contribution in [0.2, 0.25) is 0 Å². The van der Waals surface area contributed by atoms with Crippen molar-refractivity contribution in [2.75, 3.05) is 26.8 Å². The van der Waals surface area contributed by atoms with Crippen LogP contribution < -0.4 is 14.8 Å². The molecule has 1 aliphatic heterocycles.